The van der Waals surface area contributed by atoms with Gasteiger partial charge in [0.05, 0.1) is 11.1 Å². The van der Waals surface area contributed by atoms with Crippen LogP contribution in [0, 0.1) is 0 Å². The number of hydrogen-bond acceptors (Lipinski definition) is 5. The summed E-state index contributed by atoms with van der Waals surface area (Å²) in [5.74, 6) is 0.395. The Kier molecular flexibility index (Phi) is 5.27. The molecule has 3 amide bonds. The molecule has 2 aliphatic rings. The van der Waals surface area contributed by atoms with E-state index < -0.39 is 5.91 Å². The molecule has 2 aliphatic heterocycles. The van der Waals surface area contributed by atoms with E-state index in [0.29, 0.717) is 23.2 Å². The Morgan fingerprint density at radius 1 is 1.22 bits per heavy atom. The Morgan fingerprint density at radius 2 is 2.04 bits per heavy atom. The summed E-state index contributed by atoms with van der Waals surface area (Å²) in [5.41, 5.74) is 1.24. The maximum Gasteiger partial charge on any atom is 0.259 e. The summed E-state index contributed by atoms with van der Waals surface area (Å²) in [6.07, 6.45) is 4.86. The van der Waals surface area contributed by atoms with Crippen molar-refractivity contribution < 1.29 is 14.4 Å². The second kappa shape index (κ2) is 7.40. The summed E-state index contributed by atoms with van der Waals surface area (Å²) >= 11 is 0. The third kappa shape index (κ3) is 4.09. The molecular formula is C16H18N2O3S2. The zero-order valence-electron chi connectivity index (χ0n) is 12.6. The summed E-state index contributed by atoms with van der Waals surface area (Å²) < 4.78 is 0. The fourth-order valence-corrected chi connectivity index (χ4v) is 5.72. The van der Waals surface area contributed by atoms with E-state index in [-0.39, 0.29) is 11.8 Å². The van der Waals surface area contributed by atoms with Gasteiger partial charge < -0.3 is 5.32 Å². The molecule has 1 saturated heterocycles. The van der Waals surface area contributed by atoms with E-state index >= 15 is 0 Å². The fourth-order valence-electron chi connectivity index (χ4n) is 2.69. The highest BCUT2D eigenvalue weighted by molar-refractivity contribution is 8.77. The standard InChI is InChI=1S/C16H18N2O3S2/c19-14(4-2-1-3-11-7-8-22-23-11)17-10-5-6-12-13(9-10)16(21)18-15(12)20/h5-6,9,11H,1-4,7-8H2,(H,17,19)(H,18,20,21)/t11-/m1/s1. The minimum absolute atomic E-state index is 0.0527. The van der Waals surface area contributed by atoms with Crippen LogP contribution in [0.1, 0.15) is 52.8 Å². The van der Waals surface area contributed by atoms with E-state index in [1.807, 2.05) is 21.6 Å². The van der Waals surface area contributed by atoms with E-state index in [4.69, 9.17) is 0 Å². The number of carbonyl (C=O) groups is 3. The first-order chi connectivity index (χ1) is 11.1. The van der Waals surface area contributed by atoms with Crippen LogP contribution in [0.2, 0.25) is 0 Å². The molecule has 0 unspecified atom stereocenters. The summed E-state index contributed by atoms with van der Waals surface area (Å²) in [4.78, 5) is 35.0. The average Bonchev–Trinajstić information content (AvgIpc) is 3.13. The first-order valence-corrected chi connectivity index (χ1v) is 10.1. The second-order valence-electron chi connectivity index (χ2n) is 5.67. The topological polar surface area (TPSA) is 75.3 Å². The molecule has 0 radical (unpaired) electrons. The van der Waals surface area contributed by atoms with Crippen molar-refractivity contribution in [3.05, 3.63) is 29.3 Å². The van der Waals surface area contributed by atoms with Gasteiger partial charge in [0.2, 0.25) is 5.91 Å². The maximum atomic E-state index is 12.0. The van der Waals surface area contributed by atoms with Crippen molar-refractivity contribution in [2.75, 3.05) is 11.1 Å². The van der Waals surface area contributed by atoms with Gasteiger partial charge in [-0.3, -0.25) is 19.7 Å². The number of carbonyl (C=O) groups excluding carboxylic acids is 3. The van der Waals surface area contributed by atoms with Crippen LogP contribution in [-0.2, 0) is 4.79 Å². The highest BCUT2D eigenvalue weighted by atomic mass is 33.1. The van der Waals surface area contributed by atoms with Crippen LogP contribution < -0.4 is 10.6 Å². The van der Waals surface area contributed by atoms with E-state index in [9.17, 15) is 14.4 Å². The predicted molar refractivity (Wildman–Crippen MR) is 93.8 cm³/mol. The van der Waals surface area contributed by atoms with Crippen LogP contribution in [0.15, 0.2) is 18.2 Å². The lowest BCUT2D eigenvalue weighted by Crippen LogP contribution is -2.19. The third-order valence-corrected chi connectivity index (χ3v) is 6.93. The lowest BCUT2D eigenvalue weighted by molar-refractivity contribution is -0.116. The Morgan fingerprint density at radius 3 is 2.83 bits per heavy atom. The third-order valence-electron chi connectivity index (χ3n) is 3.93. The number of amides is 3. The summed E-state index contributed by atoms with van der Waals surface area (Å²) in [5, 5.41) is 5.78. The van der Waals surface area contributed by atoms with Crippen LogP contribution in [0.4, 0.5) is 5.69 Å². The van der Waals surface area contributed by atoms with Gasteiger partial charge in [-0.2, -0.15) is 0 Å². The number of imide groups is 1. The Labute approximate surface area is 142 Å². The number of anilines is 1. The fraction of sp³-hybridized carbons (Fsp3) is 0.438. The molecule has 0 aromatic heterocycles. The van der Waals surface area contributed by atoms with Gasteiger partial charge in [-0.05, 0) is 37.5 Å². The van der Waals surface area contributed by atoms with Gasteiger partial charge in [0.1, 0.15) is 0 Å². The molecule has 1 aromatic carbocycles. The smallest absolute Gasteiger partial charge is 0.259 e. The first kappa shape index (κ1) is 16.4. The molecule has 3 rings (SSSR count). The molecule has 1 aromatic rings. The largest absolute Gasteiger partial charge is 0.326 e. The number of rotatable bonds is 6. The molecule has 0 spiro atoms. The van der Waals surface area contributed by atoms with Crippen molar-refractivity contribution in [2.24, 2.45) is 0 Å². The van der Waals surface area contributed by atoms with Gasteiger partial charge in [-0.15, -0.1) is 0 Å². The summed E-state index contributed by atoms with van der Waals surface area (Å²) in [6.45, 7) is 0. The Bertz CT molecular complexity index is 642. The van der Waals surface area contributed by atoms with E-state index in [2.05, 4.69) is 10.6 Å². The van der Waals surface area contributed by atoms with Gasteiger partial charge in [0.25, 0.3) is 11.8 Å². The molecule has 23 heavy (non-hydrogen) atoms. The van der Waals surface area contributed by atoms with E-state index in [1.165, 1.54) is 18.6 Å². The molecule has 0 aliphatic carbocycles. The molecule has 0 saturated carbocycles. The molecule has 2 N–H and O–H groups in total. The van der Waals surface area contributed by atoms with E-state index in [1.54, 1.807) is 18.2 Å². The van der Waals surface area contributed by atoms with Crippen molar-refractivity contribution in [2.45, 2.75) is 37.4 Å². The number of hydrogen-bond donors (Lipinski definition) is 2. The van der Waals surface area contributed by atoms with Crippen molar-refractivity contribution in [1.29, 1.82) is 0 Å². The SMILES string of the molecule is O=C(CCCC[C@@H]1CCSS1)Nc1ccc2c(c1)C(=O)NC2=O. The minimum atomic E-state index is -0.409. The first-order valence-electron chi connectivity index (χ1n) is 7.71. The van der Waals surface area contributed by atoms with Crippen LogP contribution in [0.25, 0.3) is 0 Å². The van der Waals surface area contributed by atoms with Crippen LogP contribution in [0.5, 0.6) is 0 Å². The van der Waals surface area contributed by atoms with Gasteiger partial charge in [0, 0.05) is 23.1 Å². The number of unbranched alkanes of at least 4 members (excludes halogenated alkanes) is 1. The summed E-state index contributed by atoms with van der Waals surface area (Å²) in [7, 11) is 3.91. The molecule has 2 heterocycles. The average molecular weight is 350 g/mol. The normalized spacial score (nSPS) is 19.6. The molecule has 7 heteroatoms. The second-order valence-corrected chi connectivity index (χ2v) is 8.45. The maximum absolute atomic E-state index is 12.0. The number of fused-ring (bicyclic) bond motifs is 1. The van der Waals surface area contributed by atoms with Crippen molar-refractivity contribution in [3.8, 4) is 0 Å². The van der Waals surface area contributed by atoms with E-state index in [0.717, 1.165) is 18.1 Å². The van der Waals surface area contributed by atoms with Crippen LogP contribution >= 0.6 is 21.6 Å². The quantitative estimate of drug-likeness (QED) is 0.468. The number of benzene rings is 1. The van der Waals surface area contributed by atoms with Crippen molar-refractivity contribution >= 4 is 45.0 Å². The molecular weight excluding hydrogens is 332 g/mol. The lowest BCUT2D eigenvalue weighted by atomic mass is 10.1. The van der Waals surface area contributed by atoms with Gasteiger partial charge >= 0.3 is 0 Å². The van der Waals surface area contributed by atoms with Gasteiger partial charge in [-0.25, -0.2) is 0 Å². The van der Waals surface area contributed by atoms with Crippen LogP contribution in [-0.4, -0.2) is 28.7 Å². The number of nitrogens with one attached hydrogen (secondary N) is 2. The minimum Gasteiger partial charge on any atom is -0.326 e. The zero-order valence-corrected chi connectivity index (χ0v) is 14.2. The Balaban J connectivity index is 1.45. The molecule has 1 atom stereocenters. The molecule has 0 bridgehead atoms. The van der Waals surface area contributed by atoms with Crippen molar-refractivity contribution in [1.82, 2.24) is 5.32 Å². The zero-order chi connectivity index (χ0) is 16.2. The molecule has 122 valence electrons. The van der Waals surface area contributed by atoms with Crippen LogP contribution in [0.3, 0.4) is 0 Å². The lowest BCUT2D eigenvalue weighted by Gasteiger charge is -2.08. The molecule has 5 nitrogen and oxygen atoms in total. The summed E-state index contributed by atoms with van der Waals surface area (Å²) in [6, 6.07) is 4.78. The van der Waals surface area contributed by atoms with Gasteiger partial charge in [0.15, 0.2) is 0 Å². The highest BCUT2D eigenvalue weighted by Crippen LogP contribution is 2.39. The monoisotopic (exact) mass is 350 g/mol. The highest BCUT2D eigenvalue weighted by Gasteiger charge is 2.26. The predicted octanol–water partition coefficient (Wildman–Crippen LogP) is 3.22. The molecule has 1 fully saturated rings. The van der Waals surface area contributed by atoms with Gasteiger partial charge in [-0.1, -0.05) is 28.0 Å². The Hall–Kier alpha value is -1.47. The van der Waals surface area contributed by atoms with Crippen molar-refractivity contribution in [3.63, 3.8) is 0 Å².